The van der Waals surface area contributed by atoms with E-state index in [0.717, 1.165) is 12.8 Å². The van der Waals surface area contributed by atoms with Gasteiger partial charge in [0.1, 0.15) is 0 Å². The fraction of sp³-hybridized carbons (Fsp3) is 1.00. The maximum absolute atomic E-state index is 11.6. The molecule has 15 heavy (non-hydrogen) atoms. The van der Waals surface area contributed by atoms with Crippen molar-refractivity contribution in [3.63, 3.8) is 0 Å². The van der Waals surface area contributed by atoms with E-state index >= 15 is 0 Å². The first-order valence-corrected chi connectivity index (χ1v) is 7.19. The van der Waals surface area contributed by atoms with Crippen molar-refractivity contribution in [3.05, 3.63) is 0 Å². The summed E-state index contributed by atoms with van der Waals surface area (Å²) in [5.41, 5.74) is 6.08. The molecule has 1 fully saturated rings. The van der Waals surface area contributed by atoms with E-state index in [9.17, 15) is 8.42 Å². The molecule has 0 radical (unpaired) electrons. The van der Waals surface area contributed by atoms with E-state index in [1.165, 1.54) is 6.26 Å². The number of hydrogen-bond acceptors (Lipinski definition) is 4. The Hall–Kier alpha value is -0.130. The number of rotatable bonds is 3. The topological polar surface area (TPSA) is 69.4 Å². The SMILES string of the molecule is CC(C)(C(N)C1CCOCC1)S(C)(=O)=O. The molecule has 2 N–H and O–H groups in total. The third kappa shape index (κ3) is 2.71. The summed E-state index contributed by atoms with van der Waals surface area (Å²) in [5.74, 6) is 0.253. The second-order valence-corrected chi connectivity index (χ2v) is 7.45. The van der Waals surface area contributed by atoms with Crippen molar-refractivity contribution in [3.8, 4) is 0 Å². The second kappa shape index (κ2) is 4.39. The monoisotopic (exact) mass is 235 g/mol. The van der Waals surface area contributed by atoms with Crippen LogP contribution in [0.2, 0.25) is 0 Å². The van der Waals surface area contributed by atoms with Gasteiger partial charge in [0.25, 0.3) is 0 Å². The highest BCUT2D eigenvalue weighted by atomic mass is 32.2. The molecule has 1 atom stereocenters. The van der Waals surface area contributed by atoms with Gasteiger partial charge in [-0.15, -0.1) is 0 Å². The van der Waals surface area contributed by atoms with Crippen LogP contribution in [0.15, 0.2) is 0 Å². The van der Waals surface area contributed by atoms with Crippen molar-refractivity contribution < 1.29 is 13.2 Å². The predicted molar refractivity (Wildman–Crippen MR) is 60.4 cm³/mol. The Morgan fingerprint density at radius 1 is 1.33 bits per heavy atom. The van der Waals surface area contributed by atoms with E-state index in [0.29, 0.717) is 13.2 Å². The van der Waals surface area contributed by atoms with E-state index in [1.807, 2.05) is 0 Å². The third-order valence-corrected chi connectivity index (χ3v) is 5.72. The summed E-state index contributed by atoms with van der Waals surface area (Å²) in [4.78, 5) is 0. The van der Waals surface area contributed by atoms with Crippen molar-refractivity contribution >= 4 is 9.84 Å². The Balaban J connectivity index is 2.78. The van der Waals surface area contributed by atoms with Gasteiger partial charge in [-0.3, -0.25) is 0 Å². The fourth-order valence-corrected chi connectivity index (χ4v) is 2.58. The fourth-order valence-electron chi connectivity index (χ4n) is 1.89. The lowest BCUT2D eigenvalue weighted by molar-refractivity contribution is 0.0547. The van der Waals surface area contributed by atoms with Crippen LogP contribution in [0.1, 0.15) is 26.7 Å². The minimum absolute atomic E-state index is 0.253. The Morgan fingerprint density at radius 2 is 1.80 bits per heavy atom. The van der Waals surface area contributed by atoms with Crippen LogP contribution < -0.4 is 5.73 Å². The van der Waals surface area contributed by atoms with Gasteiger partial charge < -0.3 is 10.5 Å². The summed E-state index contributed by atoms with van der Waals surface area (Å²) in [6.45, 7) is 4.81. The lowest BCUT2D eigenvalue weighted by Gasteiger charge is -2.37. The van der Waals surface area contributed by atoms with Gasteiger partial charge >= 0.3 is 0 Å². The third-order valence-electron chi connectivity index (χ3n) is 3.53. The van der Waals surface area contributed by atoms with Gasteiger partial charge in [0, 0.05) is 25.5 Å². The molecular weight excluding hydrogens is 214 g/mol. The zero-order chi connectivity index (χ0) is 11.7. The maximum Gasteiger partial charge on any atom is 0.154 e. The number of hydrogen-bond donors (Lipinski definition) is 1. The molecule has 1 saturated heterocycles. The van der Waals surface area contributed by atoms with Crippen molar-refractivity contribution in [1.29, 1.82) is 0 Å². The lowest BCUT2D eigenvalue weighted by Crippen LogP contribution is -2.53. The van der Waals surface area contributed by atoms with Gasteiger partial charge in [-0.1, -0.05) is 0 Å². The first-order chi connectivity index (χ1) is 6.77. The van der Waals surface area contributed by atoms with Gasteiger partial charge in [0.15, 0.2) is 9.84 Å². The summed E-state index contributed by atoms with van der Waals surface area (Å²) in [7, 11) is -3.12. The quantitative estimate of drug-likeness (QED) is 0.776. The van der Waals surface area contributed by atoms with Crippen LogP contribution in [0.3, 0.4) is 0 Å². The largest absolute Gasteiger partial charge is 0.381 e. The highest BCUT2D eigenvalue weighted by molar-refractivity contribution is 7.92. The molecule has 0 aliphatic carbocycles. The van der Waals surface area contributed by atoms with Crippen LogP contribution >= 0.6 is 0 Å². The average Bonchev–Trinajstić information content (AvgIpc) is 2.16. The first kappa shape index (κ1) is 12.9. The maximum atomic E-state index is 11.6. The summed E-state index contributed by atoms with van der Waals surface area (Å²) in [6.07, 6.45) is 2.98. The smallest absolute Gasteiger partial charge is 0.154 e. The number of ether oxygens (including phenoxy) is 1. The molecule has 0 bridgehead atoms. The minimum Gasteiger partial charge on any atom is -0.381 e. The summed E-state index contributed by atoms with van der Waals surface area (Å²) in [5, 5.41) is 0. The van der Waals surface area contributed by atoms with E-state index in [2.05, 4.69) is 0 Å². The standard InChI is InChI=1S/C10H21NO3S/c1-10(2,15(3,12)13)9(11)8-4-6-14-7-5-8/h8-9H,4-7,11H2,1-3H3. The van der Waals surface area contributed by atoms with Gasteiger partial charge in [0.05, 0.1) is 4.75 Å². The Bertz CT molecular complexity index is 305. The second-order valence-electron chi connectivity index (χ2n) is 4.85. The predicted octanol–water partition coefficient (Wildman–Crippen LogP) is 0.563. The molecular formula is C10H21NO3S. The molecule has 1 aliphatic rings. The molecule has 0 aromatic heterocycles. The molecule has 0 saturated carbocycles. The molecule has 0 amide bonds. The molecule has 1 rings (SSSR count). The van der Waals surface area contributed by atoms with Gasteiger partial charge in [-0.2, -0.15) is 0 Å². The van der Waals surface area contributed by atoms with Crippen LogP contribution in [-0.2, 0) is 14.6 Å². The van der Waals surface area contributed by atoms with E-state index in [4.69, 9.17) is 10.5 Å². The van der Waals surface area contributed by atoms with E-state index in [-0.39, 0.29) is 12.0 Å². The molecule has 5 heteroatoms. The molecule has 4 nitrogen and oxygen atoms in total. The number of nitrogens with two attached hydrogens (primary N) is 1. The zero-order valence-electron chi connectivity index (χ0n) is 9.69. The molecule has 0 spiro atoms. The van der Waals surface area contributed by atoms with Crippen molar-refractivity contribution in [2.45, 2.75) is 37.5 Å². The lowest BCUT2D eigenvalue weighted by atomic mass is 9.85. The average molecular weight is 235 g/mol. The van der Waals surface area contributed by atoms with Crippen molar-refractivity contribution in [1.82, 2.24) is 0 Å². The Morgan fingerprint density at radius 3 is 2.20 bits per heavy atom. The van der Waals surface area contributed by atoms with Crippen LogP contribution in [-0.4, -0.2) is 38.7 Å². The molecule has 0 aromatic rings. The number of sulfone groups is 1. The highest BCUT2D eigenvalue weighted by Crippen LogP contribution is 2.29. The van der Waals surface area contributed by atoms with E-state index in [1.54, 1.807) is 13.8 Å². The van der Waals surface area contributed by atoms with Crippen LogP contribution in [0.4, 0.5) is 0 Å². The van der Waals surface area contributed by atoms with Crippen LogP contribution in [0.5, 0.6) is 0 Å². The first-order valence-electron chi connectivity index (χ1n) is 5.29. The minimum atomic E-state index is -3.12. The molecule has 90 valence electrons. The highest BCUT2D eigenvalue weighted by Gasteiger charge is 2.41. The Kier molecular flexibility index (Phi) is 3.79. The Labute approximate surface area is 92.1 Å². The summed E-state index contributed by atoms with van der Waals surface area (Å²) >= 11 is 0. The summed E-state index contributed by atoms with van der Waals surface area (Å²) in [6, 6.07) is -0.309. The normalized spacial score (nSPS) is 22.7. The van der Waals surface area contributed by atoms with E-state index < -0.39 is 14.6 Å². The van der Waals surface area contributed by atoms with Crippen molar-refractivity contribution in [2.24, 2.45) is 11.7 Å². The van der Waals surface area contributed by atoms with Gasteiger partial charge in [0.2, 0.25) is 0 Å². The van der Waals surface area contributed by atoms with Crippen molar-refractivity contribution in [2.75, 3.05) is 19.5 Å². The van der Waals surface area contributed by atoms with Gasteiger partial charge in [-0.25, -0.2) is 8.42 Å². The van der Waals surface area contributed by atoms with Crippen LogP contribution in [0.25, 0.3) is 0 Å². The van der Waals surface area contributed by atoms with Crippen LogP contribution in [0, 0.1) is 5.92 Å². The molecule has 1 aliphatic heterocycles. The molecule has 1 heterocycles. The molecule has 1 unspecified atom stereocenters. The zero-order valence-corrected chi connectivity index (χ0v) is 10.5. The molecule has 0 aromatic carbocycles. The summed E-state index contributed by atoms with van der Waals surface area (Å²) < 4.78 is 27.6. The van der Waals surface area contributed by atoms with Gasteiger partial charge in [-0.05, 0) is 32.6 Å².